The molecule has 0 fully saturated rings. The average molecular weight is 422 g/mol. The van der Waals surface area contributed by atoms with Crippen LogP contribution < -0.4 is 21.3 Å². The van der Waals surface area contributed by atoms with E-state index in [4.69, 9.17) is 4.74 Å². The number of carbonyl (C=O) groups excluding carboxylic acids is 2. The number of amides is 2. The van der Waals surface area contributed by atoms with Gasteiger partial charge in [0.2, 0.25) is 0 Å². The van der Waals surface area contributed by atoms with Crippen LogP contribution in [-0.4, -0.2) is 35.2 Å². The van der Waals surface area contributed by atoms with E-state index >= 15 is 0 Å². The maximum atomic E-state index is 11.9. The number of nitrogens with zero attached hydrogens (tertiary/aromatic N) is 2. The van der Waals surface area contributed by atoms with E-state index in [-0.39, 0.29) is 6.03 Å². The molecule has 0 bridgehead atoms. The van der Waals surface area contributed by atoms with Gasteiger partial charge in [-0.05, 0) is 25.1 Å². The third-order valence-electron chi connectivity index (χ3n) is 4.50. The lowest BCUT2D eigenvalue weighted by Crippen LogP contribution is -2.28. The number of pyridine rings is 1. The SMILES string of the molecule is CCNC(=O)Nc1cc(Nc2ccccc2)c(CNc2cc(C(=O)OC)n(C)c2)cn1. The van der Waals surface area contributed by atoms with Gasteiger partial charge in [-0.15, -0.1) is 0 Å². The molecule has 3 aromatic rings. The van der Waals surface area contributed by atoms with Crippen LogP contribution in [0.2, 0.25) is 0 Å². The van der Waals surface area contributed by atoms with Crippen molar-refractivity contribution in [1.82, 2.24) is 14.9 Å². The van der Waals surface area contributed by atoms with Crippen LogP contribution in [0.5, 0.6) is 0 Å². The topological polar surface area (TPSA) is 109 Å². The highest BCUT2D eigenvalue weighted by molar-refractivity contribution is 5.89. The molecule has 9 heteroatoms. The van der Waals surface area contributed by atoms with Crippen molar-refractivity contribution in [1.29, 1.82) is 0 Å². The van der Waals surface area contributed by atoms with Gasteiger partial charge in [-0.25, -0.2) is 14.6 Å². The van der Waals surface area contributed by atoms with Crippen molar-refractivity contribution in [2.75, 3.05) is 29.6 Å². The zero-order valence-electron chi connectivity index (χ0n) is 17.7. The highest BCUT2D eigenvalue weighted by atomic mass is 16.5. The van der Waals surface area contributed by atoms with E-state index in [0.29, 0.717) is 24.6 Å². The Hall–Kier alpha value is -4.01. The minimum Gasteiger partial charge on any atom is -0.464 e. The van der Waals surface area contributed by atoms with Crippen molar-refractivity contribution in [3.8, 4) is 0 Å². The molecule has 0 radical (unpaired) electrons. The molecule has 2 heterocycles. The van der Waals surface area contributed by atoms with Gasteiger partial charge >= 0.3 is 12.0 Å². The third-order valence-corrected chi connectivity index (χ3v) is 4.50. The summed E-state index contributed by atoms with van der Waals surface area (Å²) in [6.45, 7) is 2.82. The number of ether oxygens (including phenoxy) is 1. The largest absolute Gasteiger partial charge is 0.464 e. The number of aromatic nitrogens is 2. The molecule has 0 aliphatic heterocycles. The normalized spacial score (nSPS) is 10.3. The van der Waals surface area contributed by atoms with E-state index < -0.39 is 5.97 Å². The molecule has 2 amide bonds. The molecule has 0 spiro atoms. The van der Waals surface area contributed by atoms with Crippen LogP contribution in [0.15, 0.2) is 54.9 Å². The van der Waals surface area contributed by atoms with Gasteiger partial charge in [0, 0.05) is 55.5 Å². The Kier molecular flexibility index (Phi) is 7.10. The number of carbonyl (C=O) groups is 2. The standard InChI is InChI=1S/C22H26N6O3/c1-4-23-22(30)27-20-11-18(26-16-8-6-5-7-9-16)15(13-25-20)12-24-17-10-19(21(29)31-3)28(2)14-17/h5-11,13-14,24H,4,12H2,1-3H3,(H3,23,25,26,27,30). The molecule has 9 nitrogen and oxygen atoms in total. The summed E-state index contributed by atoms with van der Waals surface area (Å²) in [7, 11) is 3.13. The molecule has 3 rings (SSSR count). The lowest BCUT2D eigenvalue weighted by molar-refractivity contribution is 0.0590. The van der Waals surface area contributed by atoms with Crippen molar-refractivity contribution in [2.45, 2.75) is 13.5 Å². The zero-order chi connectivity index (χ0) is 22.2. The highest BCUT2D eigenvalue weighted by Crippen LogP contribution is 2.24. The van der Waals surface area contributed by atoms with Crippen LogP contribution in [0.4, 0.5) is 27.7 Å². The zero-order valence-corrected chi connectivity index (χ0v) is 17.7. The predicted octanol–water partition coefficient (Wildman–Crippen LogP) is 3.70. The molecule has 31 heavy (non-hydrogen) atoms. The number of methoxy groups -OCH3 is 1. The number of para-hydroxylation sites is 1. The molecule has 4 N–H and O–H groups in total. The maximum absolute atomic E-state index is 11.9. The molecule has 0 aliphatic carbocycles. The molecule has 0 atom stereocenters. The fourth-order valence-electron chi connectivity index (χ4n) is 2.97. The summed E-state index contributed by atoms with van der Waals surface area (Å²) in [6.07, 6.45) is 3.51. The Bertz CT molecular complexity index is 1050. The summed E-state index contributed by atoms with van der Waals surface area (Å²) in [5, 5.41) is 12.1. The lowest BCUT2D eigenvalue weighted by atomic mass is 10.2. The van der Waals surface area contributed by atoms with E-state index in [1.807, 2.05) is 43.5 Å². The Morgan fingerprint density at radius 1 is 1.13 bits per heavy atom. The molecule has 0 saturated carbocycles. The van der Waals surface area contributed by atoms with Crippen molar-refractivity contribution in [3.63, 3.8) is 0 Å². The lowest BCUT2D eigenvalue weighted by Gasteiger charge is -2.15. The van der Waals surface area contributed by atoms with Crippen LogP contribution in [-0.2, 0) is 18.3 Å². The first-order chi connectivity index (χ1) is 15.0. The number of nitrogens with one attached hydrogen (secondary N) is 4. The van der Waals surface area contributed by atoms with Gasteiger partial charge in [-0.1, -0.05) is 18.2 Å². The number of hydrogen-bond donors (Lipinski definition) is 4. The first-order valence-electron chi connectivity index (χ1n) is 9.84. The van der Waals surface area contributed by atoms with Gasteiger partial charge in [0.05, 0.1) is 12.8 Å². The molecule has 0 unspecified atom stereocenters. The summed E-state index contributed by atoms with van der Waals surface area (Å²) < 4.78 is 6.50. The smallest absolute Gasteiger partial charge is 0.354 e. The molecule has 0 aliphatic rings. The van der Waals surface area contributed by atoms with Crippen LogP contribution in [0.1, 0.15) is 23.0 Å². The average Bonchev–Trinajstić information content (AvgIpc) is 3.14. The van der Waals surface area contributed by atoms with Crippen LogP contribution in [0.3, 0.4) is 0 Å². The summed E-state index contributed by atoms with van der Waals surface area (Å²) in [6, 6.07) is 12.9. The van der Waals surface area contributed by atoms with E-state index in [1.165, 1.54) is 7.11 Å². The number of aryl methyl sites for hydroxylation is 1. The Morgan fingerprint density at radius 3 is 2.61 bits per heavy atom. The second-order valence-corrected chi connectivity index (χ2v) is 6.77. The monoisotopic (exact) mass is 422 g/mol. The number of benzene rings is 1. The van der Waals surface area contributed by atoms with Gasteiger partial charge in [0.1, 0.15) is 11.5 Å². The van der Waals surface area contributed by atoms with Crippen LogP contribution in [0, 0.1) is 0 Å². The van der Waals surface area contributed by atoms with E-state index in [0.717, 1.165) is 22.6 Å². The summed E-state index contributed by atoms with van der Waals surface area (Å²) >= 11 is 0. The summed E-state index contributed by atoms with van der Waals surface area (Å²) in [5.41, 5.74) is 3.82. The maximum Gasteiger partial charge on any atom is 0.354 e. The molecular weight excluding hydrogens is 396 g/mol. The van der Waals surface area contributed by atoms with Crippen molar-refractivity contribution < 1.29 is 14.3 Å². The van der Waals surface area contributed by atoms with Gasteiger partial charge in [0.15, 0.2) is 0 Å². The molecule has 1 aromatic carbocycles. The Balaban J connectivity index is 1.81. The van der Waals surface area contributed by atoms with Crippen LogP contribution in [0.25, 0.3) is 0 Å². The van der Waals surface area contributed by atoms with Crippen molar-refractivity contribution >= 4 is 34.9 Å². The second-order valence-electron chi connectivity index (χ2n) is 6.77. The number of rotatable bonds is 8. The number of hydrogen-bond acceptors (Lipinski definition) is 6. The minimum absolute atomic E-state index is 0.314. The molecule has 162 valence electrons. The fraction of sp³-hybridized carbons (Fsp3) is 0.227. The van der Waals surface area contributed by atoms with Gasteiger partial charge < -0.3 is 25.3 Å². The fourth-order valence-corrected chi connectivity index (χ4v) is 2.97. The summed E-state index contributed by atoms with van der Waals surface area (Å²) in [4.78, 5) is 28.0. The Morgan fingerprint density at radius 2 is 1.90 bits per heavy atom. The number of anilines is 4. The molecule has 0 saturated heterocycles. The quantitative estimate of drug-likeness (QED) is 0.412. The van der Waals surface area contributed by atoms with Crippen molar-refractivity contribution in [2.24, 2.45) is 7.05 Å². The molecule has 2 aromatic heterocycles. The third kappa shape index (κ3) is 5.75. The first kappa shape index (κ1) is 21.7. The van der Waals surface area contributed by atoms with Crippen molar-refractivity contribution in [3.05, 3.63) is 66.1 Å². The first-order valence-corrected chi connectivity index (χ1v) is 9.84. The Labute approximate surface area is 180 Å². The molecular formula is C22H26N6O3. The van der Waals surface area contributed by atoms with Gasteiger partial charge in [-0.2, -0.15) is 0 Å². The summed E-state index contributed by atoms with van der Waals surface area (Å²) in [5.74, 6) is 0.0326. The van der Waals surface area contributed by atoms with Gasteiger partial charge in [0.25, 0.3) is 0 Å². The van der Waals surface area contributed by atoms with E-state index in [9.17, 15) is 9.59 Å². The minimum atomic E-state index is -0.399. The van der Waals surface area contributed by atoms with Crippen LogP contribution >= 0.6 is 0 Å². The predicted molar refractivity (Wildman–Crippen MR) is 121 cm³/mol. The van der Waals surface area contributed by atoms with E-state index in [2.05, 4.69) is 26.3 Å². The number of esters is 1. The second kappa shape index (κ2) is 10.1. The highest BCUT2D eigenvalue weighted by Gasteiger charge is 2.13. The van der Waals surface area contributed by atoms with E-state index in [1.54, 1.807) is 29.9 Å². The van der Waals surface area contributed by atoms with Gasteiger partial charge in [-0.3, -0.25) is 5.32 Å². The number of urea groups is 1.